The fourth-order valence-electron chi connectivity index (χ4n) is 2.08. The molecule has 1 rings (SSSR count). The van der Waals surface area contributed by atoms with E-state index < -0.39 is 5.97 Å². The Hall–Kier alpha value is -1.35. The summed E-state index contributed by atoms with van der Waals surface area (Å²) < 4.78 is 0. The third-order valence-electron chi connectivity index (χ3n) is 3.38. The van der Waals surface area contributed by atoms with Crippen molar-refractivity contribution in [2.24, 2.45) is 5.92 Å². The summed E-state index contributed by atoms with van der Waals surface area (Å²) in [6.07, 6.45) is 3.93. The van der Waals surface area contributed by atoms with E-state index in [1.165, 1.54) is 17.5 Å². The third kappa shape index (κ3) is 5.88. The summed E-state index contributed by atoms with van der Waals surface area (Å²) in [5.41, 5.74) is 2.69. The Bertz CT molecular complexity index is 373. The number of benzene rings is 1. The second kappa shape index (κ2) is 8.70. The van der Waals surface area contributed by atoms with E-state index in [0.717, 1.165) is 19.4 Å². The molecule has 2 N–H and O–H groups in total. The van der Waals surface area contributed by atoms with Crippen LogP contribution in [0.1, 0.15) is 37.8 Å². The molecule has 1 atom stereocenters. The molecule has 0 bridgehead atoms. The average molecular weight is 263 g/mol. The number of hydrogen-bond donors (Lipinski definition) is 2. The molecule has 0 heterocycles. The minimum atomic E-state index is -0.709. The maximum absolute atomic E-state index is 10.9. The molecule has 0 radical (unpaired) electrons. The summed E-state index contributed by atoms with van der Waals surface area (Å²) in [6.45, 7) is 5.48. The van der Waals surface area contributed by atoms with E-state index in [9.17, 15) is 4.79 Å². The molecule has 0 aromatic heterocycles. The normalized spacial score (nSPS) is 12.3. The lowest BCUT2D eigenvalue weighted by atomic mass is 10.1. The summed E-state index contributed by atoms with van der Waals surface area (Å²) in [6, 6.07) is 8.71. The zero-order valence-corrected chi connectivity index (χ0v) is 12.0. The molecule has 0 aliphatic carbocycles. The van der Waals surface area contributed by atoms with Crippen LogP contribution in [0.2, 0.25) is 0 Å². The average Bonchev–Trinajstić information content (AvgIpc) is 2.40. The number of carboxylic acid groups (broad SMARTS) is 1. The SMILES string of the molecule is CCCc1ccc(CCNCC(CC)C(=O)O)cc1. The molecule has 0 aliphatic rings. The summed E-state index contributed by atoms with van der Waals surface area (Å²) in [5.74, 6) is -0.981. The summed E-state index contributed by atoms with van der Waals surface area (Å²) in [4.78, 5) is 10.9. The number of nitrogens with one attached hydrogen (secondary N) is 1. The maximum atomic E-state index is 10.9. The minimum absolute atomic E-state index is 0.271. The highest BCUT2D eigenvalue weighted by Crippen LogP contribution is 2.07. The molecule has 1 aromatic carbocycles. The minimum Gasteiger partial charge on any atom is -0.481 e. The molecule has 0 aliphatic heterocycles. The molecule has 3 nitrogen and oxygen atoms in total. The van der Waals surface area contributed by atoms with Crippen molar-refractivity contribution in [3.8, 4) is 0 Å². The summed E-state index contributed by atoms with van der Waals surface area (Å²) in [7, 11) is 0. The Morgan fingerprint density at radius 2 is 1.74 bits per heavy atom. The molecule has 0 saturated carbocycles. The van der Waals surface area contributed by atoms with Gasteiger partial charge in [0.2, 0.25) is 0 Å². The second-order valence-corrected chi connectivity index (χ2v) is 4.96. The molecule has 1 aromatic rings. The van der Waals surface area contributed by atoms with Gasteiger partial charge in [-0.1, -0.05) is 44.5 Å². The van der Waals surface area contributed by atoms with E-state index in [0.29, 0.717) is 13.0 Å². The molecule has 0 amide bonds. The summed E-state index contributed by atoms with van der Waals surface area (Å²) in [5, 5.41) is 12.2. The van der Waals surface area contributed by atoms with Gasteiger partial charge >= 0.3 is 5.97 Å². The van der Waals surface area contributed by atoms with Gasteiger partial charge in [-0.25, -0.2) is 0 Å². The fourth-order valence-corrected chi connectivity index (χ4v) is 2.08. The standard InChI is InChI=1S/C16H25NO2/c1-3-5-13-6-8-14(9-7-13)10-11-17-12-15(4-2)16(18)19/h6-9,15,17H,3-5,10-12H2,1-2H3,(H,18,19). The van der Waals surface area contributed by atoms with Gasteiger partial charge in [-0.3, -0.25) is 4.79 Å². The predicted molar refractivity (Wildman–Crippen MR) is 78.4 cm³/mol. The van der Waals surface area contributed by atoms with Crippen LogP contribution in [0.25, 0.3) is 0 Å². The highest BCUT2D eigenvalue weighted by atomic mass is 16.4. The number of aliphatic carboxylic acids is 1. The van der Waals surface area contributed by atoms with Crippen molar-refractivity contribution >= 4 is 5.97 Å². The van der Waals surface area contributed by atoms with E-state index in [2.05, 4.69) is 36.5 Å². The van der Waals surface area contributed by atoms with Crippen molar-refractivity contribution < 1.29 is 9.90 Å². The topological polar surface area (TPSA) is 49.3 Å². The van der Waals surface area contributed by atoms with E-state index in [-0.39, 0.29) is 5.92 Å². The Kier molecular flexibility index (Phi) is 7.19. The van der Waals surface area contributed by atoms with Crippen LogP contribution in [0.4, 0.5) is 0 Å². The number of carbonyl (C=O) groups is 1. The Balaban J connectivity index is 2.27. The first-order valence-electron chi connectivity index (χ1n) is 7.18. The molecule has 0 spiro atoms. The lowest BCUT2D eigenvalue weighted by Crippen LogP contribution is -2.29. The molecule has 1 unspecified atom stereocenters. The van der Waals surface area contributed by atoms with Crippen LogP contribution in [0.3, 0.4) is 0 Å². The van der Waals surface area contributed by atoms with Crippen LogP contribution in [0.15, 0.2) is 24.3 Å². The second-order valence-electron chi connectivity index (χ2n) is 4.96. The number of carboxylic acids is 1. The van der Waals surface area contributed by atoms with Crippen LogP contribution >= 0.6 is 0 Å². The van der Waals surface area contributed by atoms with Crippen molar-refractivity contribution in [1.29, 1.82) is 0 Å². The van der Waals surface area contributed by atoms with Crippen molar-refractivity contribution in [3.63, 3.8) is 0 Å². The van der Waals surface area contributed by atoms with Crippen molar-refractivity contribution in [1.82, 2.24) is 5.32 Å². The van der Waals surface area contributed by atoms with Gasteiger partial charge in [0.1, 0.15) is 0 Å². The fraction of sp³-hybridized carbons (Fsp3) is 0.562. The Morgan fingerprint density at radius 1 is 1.16 bits per heavy atom. The highest BCUT2D eigenvalue weighted by molar-refractivity contribution is 5.70. The zero-order valence-electron chi connectivity index (χ0n) is 12.0. The van der Waals surface area contributed by atoms with E-state index in [1.54, 1.807) is 0 Å². The van der Waals surface area contributed by atoms with E-state index in [1.807, 2.05) is 6.92 Å². The molecule has 0 fully saturated rings. The largest absolute Gasteiger partial charge is 0.481 e. The maximum Gasteiger partial charge on any atom is 0.307 e. The van der Waals surface area contributed by atoms with Gasteiger partial charge in [0, 0.05) is 6.54 Å². The number of rotatable bonds is 9. The smallest absolute Gasteiger partial charge is 0.307 e. The van der Waals surface area contributed by atoms with E-state index in [4.69, 9.17) is 5.11 Å². The van der Waals surface area contributed by atoms with Crippen LogP contribution in [0, 0.1) is 5.92 Å². The van der Waals surface area contributed by atoms with Gasteiger partial charge in [-0.15, -0.1) is 0 Å². The molecular weight excluding hydrogens is 238 g/mol. The molecule has 19 heavy (non-hydrogen) atoms. The lowest BCUT2D eigenvalue weighted by Gasteiger charge is -2.11. The monoisotopic (exact) mass is 263 g/mol. The van der Waals surface area contributed by atoms with Crippen LogP contribution < -0.4 is 5.32 Å². The van der Waals surface area contributed by atoms with Gasteiger partial charge in [0.25, 0.3) is 0 Å². The van der Waals surface area contributed by atoms with Crippen LogP contribution in [-0.2, 0) is 17.6 Å². The predicted octanol–water partition coefficient (Wildman–Crippen LogP) is 2.88. The van der Waals surface area contributed by atoms with E-state index >= 15 is 0 Å². The molecule has 0 saturated heterocycles. The van der Waals surface area contributed by atoms with Gasteiger partial charge < -0.3 is 10.4 Å². The Labute approximate surface area is 116 Å². The van der Waals surface area contributed by atoms with Gasteiger partial charge in [-0.2, -0.15) is 0 Å². The lowest BCUT2D eigenvalue weighted by molar-refractivity contribution is -0.141. The first-order chi connectivity index (χ1) is 9.17. The third-order valence-corrected chi connectivity index (χ3v) is 3.38. The van der Waals surface area contributed by atoms with Crippen LogP contribution in [0.5, 0.6) is 0 Å². The first kappa shape index (κ1) is 15.7. The number of hydrogen-bond acceptors (Lipinski definition) is 2. The first-order valence-corrected chi connectivity index (χ1v) is 7.18. The van der Waals surface area contributed by atoms with Crippen molar-refractivity contribution in [3.05, 3.63) is 35.4 Å². The Morgan fingerprint density at radius 3 is 2.21 bits per heavy atom. The highest BCUT2D eigenvalue weighted by Gasteiger charge is 2.13. The number of aryl methyl sites for hydroxylation is 1. The summed E-state index contributed by atoms with van der Waals surface area (Å²) >= 11 is 0. The molecule has 106 valence electrons. The van der Waals surface area contributed by atoms with Gasteiger partial charge in [0.15, 0.2) is 0 Å². The van der Waals surface area contributed by atoms with Gasteiger partial charge in [0.05, 0.1) is 5.92 Å². The van der Waals surface area contributed by atoms with Crippen LogP contribution in [-0.4, -0.2) is 24.2 Å². The quantitative estimate of drug-likeness (QED) is 0.674. The van der Waals surface area contributed by atoms with Crippen molar-refractivity contribution in [2.75, 3.05) is 13.1 Å². The molecular formula is C16H25NO2. The molecule has 3 heteroatoms. The van der Waals surface area contributed by atoms with Gasteiger partial charge in [-0.05, 0) is 36.9 Å². The zero-order chi connectivity index (χ0) is 14.1. The van der Waals surface area contributed by atoms with Crippen molar-refractivity contribution in [2.45, 2.75) is 39.5 Å².